The molecule has 6 heteroatoms. The second-order valence-electron chi connectivity index (χ2n) is 4.96. The molecule has 0 amide bonds. The molecular formula is C14H19BrN4O. The Labute approximate surface area is 127 Å². The summed E-state index contributed by atoms with van der Waals surface area (Å²) >= 11 is 3.54. The zero-order valence-corrected chi connectivity index (χ0v) is 13.5. The molecule has 1 aromatic heterocycles. The van der Waals surface area contributed by atoms with Gasteiger partial charge in [0.1, 0.15) is 0 Å². The molecule has 1 N–H and O–H groups in total. The smallest absolute Gasteiger partial charge is 0.318 e. The Bertz CT molecular complexity index is 556. The molecule has 108 valence electrons. The Morgan fingerprint density at radius 2 is 2.05 bits per heavy atom. The van der Waals surface area contributed by atoms with Gasteiger partial charge in [-0.15, -0.1) is 5.10 Å². The standard InChI is InChI=1S/C14H19BrN4O/c1-10(2)16-8-13-17-18-14(20-13)19(3)9-11-6-4-5-7-12(11)15/h4-7,10,16H,8-9H2,1-3H3. The largest absolute Gasteiger partial charge is 0.407 e. The van der Waals surface area contributed by atoms with Crippen LogP contribution in [0.1, 0.15) is 25.3 Å². The van der Waals surface area contributed by atoms with Crippen molar-refractivity contribution in [3.05, 3.63) is 40.2 Å². The minimum Gasteiger partial charge on any atom is -0.407 e. The molecule has 20 heavy (non-hydrogen) atoms. The molecule has 0 aliphatic heterocycles. The Kier molecular flexibility index (Phi) is 5.14. The number of nitrogens with one attached hydrogen (secondary N) is 1. The number of nitrogens with zero attached hydrogens (tertiary/aromatic N) is 3. The minimum absolute atomic E-state index is 0.392. The van der Waals surface area contributed by atoms with Crippen molar-refractivity contribution in [1.29, 1.82) is 0 Å². The average Bonchev–Trinajstić information content (AvgIpc) is 2.88. The summed E-state index contributed by atoms with van der Waals surface area (Å²) < 4.78 is 6.71. The van der Waals surface area contributed by atoms with Crippen molar-refractivity contribution in [2.24, 2.45) is 0 Å². The van der Waals surface area contributed by atoms with Gasteiger partial charge in [-0.05, 0) is 11.6 Å². The lowest BCUT2D eigenvalue weighted by atomic mass is 10.2. The Morgan fingerprint density at radius 1 is 1.30 bits per heavy atom. The minimum atomic E-state index is 0.392. The fourth-order valence-electron chi connectivity index (χ4n) is 1.71. The highest BCUT2D eigenvalue weighted by atomic mass is 79.9. The van der Waals surface area contributed by atoms with Crippen LogP contribution in [0.3, 0.4) is 0 Å². The third-order valence-electron chi connectivity index (χ3n) is 2.81. The second kappa shape index (κ2) is 6.85. The molecule has 5 nitrogen and oxygen atoms in total. The van der Waals surface area contributed by atoms with Crippen LogP contribution in [-0.2, 0) is 13.1 Å². The van der Waals surface area contributed by atoms with Gasteiger partial charge in [0.15, 0.2) is 0 Å². The molecular weight excluding hydrogens is 320 g/mol. The van der Waals surface area contributed by atoms with Crippen LogP contribution in [0.25, 0.3) is 0 Å². The SMILES string of the molecule is CC(C)NCc1nnc(N(C)Cc2ccccc2Br)o1. The van der Waals surface area contributed by atoms with Gasteiger partial charge < -0.3 is 14.6 Å². The zero-order valence-electron chi connectivity index (χ0n) is 11.9. The van der Waals surface area contributed by atoms with E-state index >= 15 is 0 Å². The van der Waals surface area contributed by atoms with Crippen molar-refractivity contribution >= 4 is 21.9 Å². The molecule has 1 aromatic carbocycles. The van der Waals surface area contributed by atoms with Gasteiger partial charge in [0.25, 0.3) is 0 Å². The van der Waals surface area contributed by atoms with Crippen LogP contribution in [0.5, 0.6) is 0 Å². The molecule has 2 rings (SSSR count). The monoisotopic (exact) mass is 338 g/mol. The van der Waals surface area contributed by atoms with Gasteiger partial charge in [-0.25, -0.2) is 0 Å². The van der Waals surface area contributed by atoms with Crippen molar-refractivity contribution in [3.8, 4) is 0 Å². The number of rotatable bonds is 6. The highest BCUT2D eigenvalue weighted by molar-refractivity contribution is 9.10. The topological polar surface area (TPSA) is 54.2 Å². The summed E-state index contributed by atoms with van der Waals surface area (Å²) in [6.07, 6.45) is 0. The lowest BCUT2D eigenvalue weighted by molar-refractivity contribution is 0.449. The second-order valence-corrected chi connectivity index (χ2v) is 5.82. The van der Waals surface area contributed by atoms with Crippen molar-refractivity contribution < 1.29 is 4.42 Å². The van der Waals surface area contributed by atoms with E-state index in [0.29, 0.717) is 31.0 Å². The van der Waals surface area contributed by atoms with E-state index in [9.17, 15) is 0 Å². The molecule has 0 atom stereocenters. The molecule has 0 fully saturated rings. The van der Waals surface area contributed by atoms with E-state index < -0.39 is 0 Å². The summed E-state index contributed by atoms with van der Waals surface area (Å²) in [4.78, 5) is 1.94. The third-order valence-corrected chi connectivity index (χ3v) is 3.58. The van der Waals surface area contributed by atoms with Crippen molar-refractivity contribution in [3.63, 3.8) is 0 Å². The normalized spacial score (nSPS) is 11.1. The molecule has 0 spiro atoms. The summed E-state index contributed by atoms with van der Waals surface area (Å²) in [5, 5.41) is 11.4. The summed E-state index contributed by atoms with van der Waals surface area (Å²) in [7, 11) is 1.94. The van der Waals surface area contributed by atoms with E-state index in [2.05, 4.69) is 51.4 Å². The van der Waals surface area contributed by atoms with Gasteiger partial charge in [-0.2, -0.15) is 0 Å². The number of halogens is 1. The van der Waals surface area contributed by atoms with E-state index in [4.69, 9.17) is 4.42 Å². The van der Waals surface area contributed by atoms with Crippen LogP contribution < -0.4 is 10.2 Å². The number of hydrogen-bond acceptors (Lipinski definition) is 5. The maximum atomic E-state index is 5.63. The van der Waals surface area contributed by atoms with E-state index in [-0.39, 0.29) is 0 Å². The maximum absolute atomic E-state index is 5.63. The summed E-state index contributed by atoms with van der Waals surface area (Å²) in [6, 6.07) is 9.02. The zero-order chi connectivity index (χ0) is 14.5. The van der Waals surface area contributed by atoms with E-state index in [1.165, 1.54) is 5.56 Å². The van der Waals surface area contributed by atoms with Crippen LogP contribution in [0, 0.1) is 0 Å². The molecule has 0 aliphatic carbocycles. The molecule has 0 unspecified atom stereocenters. The number of aromatic nitrogens is 2. The van der Waals surface area contributed by atoms with E-state index in [0.717, 1.165) is 4.47 Å². The average molecular weight is 339 g/mol. The predicted octanol–water partition coefficient (Wildman–Crippen LogP) is 2.97. The highest BCUT2D eigenvalue weighted by Gasteiger charge is 2.12. The van der Waals surface area contributed by atoms with Crippen LogP contribution in [0.4, 0.5) is 6.01 Å². The Hall–Kier alpha value is -1.40. The van der Waals surface area contributed by atoms with Gasteiger partial charge in [0.05, 0.1) is 6.54 Å². The van der Waals surface area contributed by atoms with E-state index in [1.807, 2.05) is 30.1 Å². The molecule has 1 heterocycles. The quantitative estimate of drug-likeness (QED) is 0.877. The van der Waals surface area contributed by atoms with Gasteiger partial charge in [-0.1, -0.05) is 53.1 Å². The van der Waals surface area contributed by atoms with Crippen molar-refractivity contribution in [2.45, 2.75) is 33.0 Å². The van der Waals surface area contributed by atoms with E-state index in [1.54, 1.807) is 0 Å². The first kappa shape index (κ1) is 15.0. The predicted molar refractivity (Wildman–Crippen MR) is 82.5 cm³/mol. The molecule has 2 aromatic rings. The molecule has 0 saturated heterocycles. The van der Waals surface area contributed by atoms with Crippen molar-refractivity contribution in [1.82, 2.24) is 15.5 Å². The highest BCUT2D eigenvalue weighted by Crippen LogP contribution is 2.20. The first-order chi connectivity index (χ1) is 9.56. The number of benzene rings is 1. The van der Waals surface area contributed by atoms with Gasteiger partial charge in [0.2, 0.25) is 5.89 Å². The summed E-state index contributed by atoms with van der Waals surface area (Å²) in [6.45, 7) is 5.46. The number of hydrogen-bond donors (Lipinski definition) is 1. The molecule has 0 radical (unpaired) electrons. The van der Waals surface area contributed by atoms with Crippen LogP contribution in [0.15, 0.2) is 33.2 Å². The van der Waals surface area contributed by atoms with Crippen LogP contribution in [-0.4, -0.2) is 23.3 Å². The lowest BCUT2D eigenvalue weighted by Crippen LogP contribution is -2.22. The summed E-state index contributed by atoms with van der Waals surface area (Å²) in [5.41, 5.74) is 1.18. The van der Waals surface area contributed by atoms with Gasteiger partial charge in [0, 0.05) is 24.1 Å². The van der Waals surface area contributed by atoms with Gasteiger partial charge in [-0.3, -0.25) is 0 Å². The lowest BCUT2D eigenvalue weighted by Gasteiger charge is -2.14. The first-order valence-electron chi connectivity index (χ1n) is 6.56. The maximum Gasteiger partial charge on any atom is 0.318 e. The summed E-state index contributed by atoms with van der Waals surface area (Å²) in [5.74, 6) is 0.604. The molecule has 0 saturated carbocycles. The fraction of sp³-hybridized carbons (Fsp3) is 0.429. The Balaban J connectivity index is 1.99. The van der Waals surface area contributed by atoms with Crippen LogP contribution in [0.2, 0.25) is 0 Å². The molecule has 0 bridgehead atoms. The van der Waals surface area contributed by atoms with Crippen LogP contribution >= 0.6 is 15.9 Å². The number of anilines is 1. The fourth-order valence-corrected chi connectivity index (χ4v) is 2.12. The van der Waals surface area contributed by atoms with Gasteiger partial charge >= 0.3 is 6.01 Å². The van der Waals surface area contributed by atoms with Crippen molar-refractivity contribution in [2.75, 3.05) is 11.9 Å². The molecule has 0 aliphatic rings. The first-order valence-corrected chi connectivity index (χ1v) is 7.36. The Morgan fingerprint density at radius 3 is 2.75 bits per heavy atom. The third kappa shape index (κ3) is 4.05.